The predicted octanol–water partition coefficient (Wildman–Crippen LogP) is 4.59. The lowest BCUT2D eigenvalue weighted by Crippen LogP contribution is -2.55. The normalized spacial score (nSPS) is 24.7. The van der Waals surface area contributed by atoms with E-state index in [0.717, 1.165) is 55.9 Å². The summed E-state index contributed by atoms with van der Waals surface area (Å²) in [5.74, 6) is 0.110. The Labute approximate surface area is 264 Å². The van der Waals surface area contributed by atoms with E-state index < -0.39 is 30.3 Å². The van der Waals surface area contributed by atoms with Crippen molar-refractivity contribution in [2.24, 2.45) is 11.3 Å². The lowest BCUT2D eigenvalue weighted by atomic mass is 9.83. The van der Waals surface area contributed by atoms with Crippen molar-refractivity contribution in [3.05, 3.63) is 34.1 Å². The first-order valence-electron chi connectivity index (χ1n) is 16.3. The van der Waals surface area contributed by atoms with Crippen molar-refractivity contribution < 1.29 is 33.3 Å². The molecule has 1 N–H and O–H groups in total. The number of fused-ring (bicyclic) bond motifs is 3. The Bertz CT molecular complexity index is 1480. The summed E-state index contributed by atoms with van der Waals surface area (Å²) in [5, 5.41) is 3.66. The van der Waals surface area contributed by atoms with E-state index in [1.54, 1.807) is 11.7 Å². The van der Waals surface area contributed by atoms with E-state index in [1.807, 2.05) is 19.1 Å². The third-order valence-corrected chi connectivity index (χ3v) is 9.66. The Kier molecular flexibility index (Phi) is 9.94. The van der Waals surface area contributed by atoms with Crippen LogP contribution in [0, 0.1) is 11.3 Å². The molecule has 0 unspecified atom stereocenters. The molecule has 1 saturated heterocycles. The molecule has 3 heterocycles. The number of alkyl carbamates (subject to hydrolysis) is 1. The molecule has 3 aliphatic rings. The number of amides is 2. The molecular weight excluding hydrogens is 578 g/mol. The number of benzene rings is 1. The summed E-state index contributed by atoms with van der Waals surface area (Å²) in [6, 6.07) is 3.66. The third-order valence-electron chi connectivity index (χ3n) is 9.66. The number of hydrogen-bond donors (Lipinski definition) is 1. The molecule has 246 valence electrons. The molecule has 3 atom stereocenters. The van der Waals surface area contributed by atoms with Crippen LogP contribution in [0.2, 0.25) is 0 Å². The van der Waals surface area contributed by atoms with Crippen LogP contribution >= 0.6 is 0 Å². The zero-order valence-electron chi connectivity index (χ0n) is 27.2. The van der Waals surface area contributed by atoms with Gasteiger partial charge < -0.3 is 33.7 Å². The summed E-state index contributed by atoms with van der Waals surface area (Å²) < 4.78 is 24.8. The molecule has 0 radical (unpaired) electrons. The molecule has 1 aromatic heterocycles. The maximum atomic E-state index is 14.3. The van der Waals surface area contributed by atoms with Crippen molar-refractivity contribution in [1.82, 2.24) is 14.8 Å². The second-order valence-corrected chi connectivity index (χ2v) is 13.4. The largest absolute Gasteiger partial charge is 0.496 e. The van der Waals surface area contributed by atoms with Gasteiger partial charge in [0.2, 0.25) is 5.91 Å². The number of aromatic nitrogens is 1. The number of nitrogens with zero attached hydrogens (tertiary/aromatic N) is 2. The van der Waals surface area contributed by atoms with E-state index in [-0.39, 0.29) is 42.4 Å². The highest BCUT2D eigenvalue weighted by Gasteiger charge is 2.46. The van der Waals surface area contributed by atoms with Gasteiger partial charge >= 0.3 is 12.1 Å². The molecule has 11 heteroatoms. The zero-order valence-corrected chi connectivity index (χ0v) is 27.2. The van der Waals surface area contributed by atoms with E-state index in [2.05, 4.69) is 19.2 Å². The van der Waals surface area contributed by atoms with Gasteiger partial charge in [-0.2, -0.15) is 0 Å². The number of pyridine rings is 1. The van der Waals surface area contributed by atoms with Crippen molar-refractivity contribution in [3.8, 4) is 11.5 Å². The first-order valence-corrected chi connectivity index (χ1v) is 16.3. The predicted molar refractivity (Wildman–Crippen MR) is 169 cm³/mol. The molecule has 1 aromatic carbocycles. The monoisotopic (exact) mass is 625 g/mol. The fraction of sp³-hybridized carbons (Fsp3) is 0.647. The van der Waals surface area contributed by atoms with Crippen LogP contribution in [0.25, 0.3) is 10.9 Å². The van der Waals surface area contributed by atoms with Crippen LogP contribution in [0.3, 0.4) is 0 Å². The quantitative estimate of drug-likeness (QED) is 0.490. The van der Waals surface area contributed by atoms with Crippen LogP contribution in [-0.2, 0) is 32.0 Å². The van der Waals surface area contributed by atoms with Gasteiger partial charge in [0.05, 0.1) is 32.9 Å². The highest BCUT2D eigenvalue weighted by molar-refractivity contribution is 5.91. The van der Waals surface area contributed by atoms with Crippen LogP contribution in [0.4, 0.5) is 4.79 Å². The van der Waals surface area contributed by atoms with Crippen LogP contribution in [0.1, 0.15) is 77.7 Å². The smallest absolute Gasteiger partial charge is 0.407 e. The number of aryl methyl sites for hydroxylation is 2. The number of cyclic esters (lactones) is 1. The van der Waals surface area contributed by atoms with Gasteiger partial charge in [-0.15, -0.1) is 0 Å². The fourth-order valence-corrected chi connectivity index (χ4v) is 7.18. The minimum absolute atomic E-state index is 0.0744. The molecule has 11 nitrogen and oxygen atoms in total. The molecule has 2 amide bonds. The first kappa shape index (κ1) is 32.6. The van der Waals surface area contributed by atoms with Gasteiger partial charge in [0, 0.05) is 30.5 Å². The Hall–Kier alpha value is -3.76. The molecule has 1 aliphatic carbocycles. The number of carbonyl (C=O) groups excluding carboxylic acids is 3. The lowest BCUT2D eigenvalue weighted by Gasteiger charge is -2.34. The van der Waals surface area contributed by atoms with Gasteiger partial charge in [-0.25, -0.2) is 9.59 Å². The minimum Gasteiger partial charge on any atom is -0.496 e. The Balaban J connectivity index is 1.59. The molecule has 4 bridgehead atoms. The van der Waals surface area contributed by atoms with Crippen molar-refractivity contribution in [1.29, 1.82) is 0 Å². The van der Waals surface area contributed by atoms with Gasteiger partial charge in [0.1, 0.15) is 29.7 Å². The third kappa shape index (κ3) is 7.07. The number of esters is 1. The number of ether oxygens (including phenoxy) is 4. The van der Waals surface area contributed by atoms with Gasteiger partial charge in [0.15, 0.2) is 0 Å². The van der Waals surface area contributed by atoms with E-state index in [0.29, 0.717) is 30.0 Å². The topological polar surface area (TPSA) is 125 Å². The van der Waals surface area contributed by atoms with Crippen molar-refractivity contribution in [2.45, 2.75) is 103 Å². The highest BCUT2D eigenvalue weighted by Crippen LogP contribution is 2.36. The summed E-state index contributed by atoms with van der Waals surface area (Å²) in [6.45, 7) is 6.79. The summed E-state index contributed by atoms with van der Waals surface area (Å²) in [7, 11) is 2.91. The molecule has 2 fully saturated rings. The summed E-state index contributed by atoms with van der Waals surface area (Å²) in [5.41, 5.74) is 1.14. The standard InChI is InChI=1S/C34H47N3O8/c1-6-36-25-17-27(42-4)22-13-10-14-34(2,3)20-44-33(41)35-30(21-11-8-7-9-12-21)31(39)37-19-23(16-26(37)32(40)43-5)45-28(18-29(36)38)24(25)15-22/h15,17-18,21,23,26,30H,6-14,16,19-20H2,1-5H3,(H,35,41)/t23-,26+,30+/m1/s1. The van der Waals surface area contributed by atoms with Crippen molar-refractivity contribution >= 4 is 28.9 Å². The average molecular weight is 626 g/mol. The molecule has 45 heavy (non-hydrogen) atoms. The van der Waals surface area contributed by atoms with Crippen molar-refractivity contribution in [2.75, 3.05) is 27.4 Å². The Morgan fingerprint density at radius 1 is 1.07 bits per heavy atom. The summed E-state index contributed by atoms with van der Waals surface area (Å²) in [4.78, 5) is 55.2. The number of carbonyl (C=O) groups is 3. The van der Waals surface area contributed by atoms with E-state index in [1.165, 1.54) is 18.1 Å². The van der Waals surface area contributed by atoms with Crippen LogP contribution in [0.15, 0.2) is 23.0 Å². The zero-order chi connectivity index (χ0) is 32.3. The first-order chi connectivity index (χ1) is 21.5. The maximum absolute atomic E-state index is 14.3. The molecule has 1 saturated carbocycles. The molecule has 2 aromatic rings. The summed E-state index contributed by atoms with van der Waals surface area (Å²) in [6.07, 6.45) is 5.88. The highest BCUT2D eigenvalue weighted by atomic mass is 16.5. The SMILES string of the molecule is CCn1c(=O)cc2c3cc(c(OC)cc31)CCCC(C)(C)COC(=O)N[C@@H](C1CCCCC1)C(=O)N1C[C@@H](C[C@H]1C(=O)OC)O2. The Morgan fingerprint density at radius 2 is 1.82 bits per heavy atom. The summed E-state index contributed by atoms with van der Waals surface area (Å²) >= 11 is 0. The maximum Gasteiger partial charge on any atom is 0.407 e. The number of methoxy groups -OCH3 is 2. The van der Waals surface area contributed by atoms with Gasteiger partial charge in [-0.3, -0.25) is 9.59 Å². The number of nitrogens with one attached hydrogen (secondary N) is 1. The second kappa shape index (κ2) is 13.7. The van der Waals surface area contributed by atoms with Gasteiger partial charge in [-0.05, 0) is 62.0 Å². The van der Waals surface area contributed by atoms with Crippen molar-refractivity contribution in [3.63, 3.8) is 0 Å². The van der Waals surface area contributed by atoms with E-state index >= 15 is 0 Å². The fourth-order valence-electron chi connectivity index (χ4n) is 7.18. The second-order valence-electron chi connectivity index (χ2n) is 13.4. The van der Waals surface area contributed by atoms with Crippen LogP contribution in [0.5, 0.6) is 11.5 Å². The lowest BCUT2D eigenvalue weighted by molar-refractivity contribution is -0.152. The van der Waals surface area contributed by atoms with Gasteiger partial charge in [-0.1, -0.05) is 33.1 Å². The number of rotatable bonds is 4. The molecule has 2 aliphatic heterocycles. The van der Waals surface area contributed by atoms with E-state index in [9.17, 15) is 19.2 Å². The minimum atomic E-state index is -0.893. The van der Waals surface area contributed by atoms with Crippen LogP contribution in [-0.4, -0.2) is 73.0 Å². The molecule has 5 rings (SSSR count). The van der Waals surface area contributed by atoms with E-state index in [4.69, 9.17) is 18.9 Å². The number of hydrogen-bond acceptors (Lipinski definition) is 8. The average Bonchev–Trinajstić information content (AvgIpc) is 3.45. The molecule has 0 spiro atoms. The Morgan fingerprint density at radius 3 is 2.51 bits per heavy atom. The van der Waals surface area contributed by atoms with Crippen LogP contribution < -0.4 is 20.3 Å². The van der Waals surface area contributed by atoms with Gasteiger partial charge in [0.25, 0.3) is 5.56 Å². The molecular formula is C34H47N3O8.